The third-order valence-corrected chi connectivity index (χ3v) is 11.5. The largest absolute Gasteiger partial charge is 0.456 e. The zero-order chi connectivity index (χ0) is 38.6. The van der Waals surface area contributed by atoms with Crippen molar-refractivity contribution < 1.29 is 4.42 Å². The molecule has 1 aliphatic heterocycles. The Morgan fingerprint density at radius 3 is 1.39 bits per heavy atom. The summed E-state index contributed by atoms with van der Waals surface area (Å²) in [5.74, 6) is 1.17. The molecule has 278 valence electrons. The molecule has 6 heterocycles. The van der Waals surface area contributed by atoms with E-state index in [9.17, 15) is 0 Å². The summed E-state index contributed by atoms with van der Waals surface area (Å²) >= 11 is 0. The van der Waals surface area contributed by atoms with Gasteiger partial charge < -0.3 is 19.4 Å². The highest BCUT2D eigenvalue weighted by Gasteiger charge is 2.17. The topological polar surface area (TPSA) is 73.4 Å². The number of allylic oxidation sites excluding steroid dienone is 4. The van der Waals surface area contributed by atoms with E-state index in [1.165, 1.54) is 16.7 Å². The highest BCUT2D eigenvalue weighted by molar-refractivity contribution is 5.99. The van der Waals surface area contributed by atoms with Crippen molar-refractivity contribution in [3.05, 3.63) is 174 Å². The maximum absolute atomic E-state index is 6.96. The van der Waals surface area contributed by atoms with Crippen molar-refractivity contribution in [2.24, 2.45) is 0 Å². The van der Waals surface area contributed by atoms with Gasteiger partial charge in [-0.2, -0.15) is 0 Å². The Morgan fingerprint density at radius 1 is 0.439 bits per heavy atom. The van der Waals surface area contributed by atoms with Crippen molar-refractivity contribution in [1.29, 1.82) is 0 Å². The number of benzene rings is 3. The average molecular weight is 741 g/mol. The molecule has 1 aliphatic carbocycles. The standard InChI is InChI=1S/C52H44N4O/c1-31(2)33-9-15-38(16-10-33)51-46-27-23-42(55-46)40-21-25-44(53-40)50(37-19-13-36(14-20-37)35-7-5-6-8-35)45-26-22-41(54-45)43-24-28-47(56-43)52(49-30-29-48(51)57-49)39-17-11-34(12-18-39)32(3)4/h5-32,35,53,55-56H,1-4H3. The van der Waals surface area contributed by atoms with E-state index in [1.807, 2.05) is 0 Å². The van der Waals surface area contributed by atoms with Crippen LogP contribution in [0.5, 0.6) is 0 Å². The average Bonchev–Trinajstić information content (AvgIpc) is 4.08. The van der Waals surface area contributed by atoms with Gasteiger partial charge in [0.1, 0.15) is 11.2 Å². The van der Waals surface area contributed by atoms with Gasteiger partial charge in [0, 0.05) is 28.1 Å². The maximum Gasteiger partial charge on any atom is 0.137 e. The Hall–Kier alpha value is -6.85. The first-order valence-electron chi connectivity index (χ1n) is 20.0. The van der Waals surface area contributed by atoms with Gasteiger partial charge in [-0.3, -0.25) is 0 Å². The van der Waals surface area contributed by atoms with E-state index in [-0.39, 0.29) is 0 Å². The highest BCUT2D eigenvalue weighted by atomic mass is 16.3. The van der Waals surface area contributed by atoms with Crippen LogP contribution in [0, 0.1) is 0 Å². The van der Waals surface area contributed by atoms with Crippen LogP contribution < -0.4 is 0 Å². The van der Waals surface area contributed by atoms with Gasteiger partial charge in [-0.05, 0) is 106 Å². The normalized spacial score (nSPS) is 13.3. The van der Waals surface area contributed by atoms with Crippen LogP contribution in [0.1, 0.15) is 73.5 Å². The number of nitrogens with one attached hydrogen (secondary N) is 3. The Morgan fingerprint density at radius 2 is 0.860 bits per heavy atom. The minimum absolute atomic E-state index is 0.302. The number of furan rings is 1. The number of hydrogen-bond donors (Lipinski definition) is 3. The molecule has 3 aromatic carbocycles. The molecule has 0 spiro atoms. The van der Waals surface area contributed by atoms with Crippen LogP contribution in [0.3, 0.4) is 0 Å². The Bertz CT molecular complexity index is 3040. The molecule has 0 saturated carbocycles. The number of H-pyrrole nitrogens is 3. The third-order valence-electron chi connectivity index (χ3n) is 11.5. The number of aromatic nitrogens is 4. The minimum atomic E-state index is 0.302. The lowest BCUT2D eigenvalue weighted by molar-refractivity contribution is 0.668. The number of nitrogens with zero attached hydrogens (tertiary/aromatic N) is 1. The molecule has 0 radical (unpaired) electrons. The fourth-order valence-corrected chi connectivity index (χ4v) is 8.24. The zero-order valence-electron chi connectivity index (χ0n) is 32.6. The first-order chi connectivity index (χ1) is 27.9. The summed E-state index contributed by atoms with van der Waals surface area (Å²) in [6, 6.07) is 43.7. The first kappa shape index (κ1) is 34.6. The fraction of sp³-hybridized carbons (Fsp3) is 0.135. The summed E-state index contributed by atoms with van der Waals surface area (Å²) in [4.78, 5) is 16.6. The van der Waals surface area contributed by atoms with Crippen molar-refractivity contribution in [2.75, 3.05) is 0 Å². The van der Waals surface area contributed by atoms with Crippen LogP contribution in [-0.2, 0) is 0 Å². The summed E-state index contributed by atoms with van der Waals surface area (Å²) in [6.07, 6.45) is 12.9. The molecule has 10 rings (SSSR count). The van der Waals surface area contributed by atoms with Crippen molar-refractivity contribution in [3.8, 4) is 33.4 Å². The van der Waals surface area contributed by atoms with E-state index in [0.29, 0.717) is 17.8 Å². The Labute approximate surface area is 332 Å². The monoisotopic (exact) mass is 740 g/mol. The van der Waals surface area contributed by atoms with Crippen molar-refractivity contribution in [1.82, 2.24) is 19.9 Å². The van der Waals surface area contributed by atoms with Crippen molar-refractivity contribution in [3.63, 3.8) is 0 Å². The molecule has 5 heteroatoms. The number of aromatic amines is 3. The smallest absolute Gasteiger partial charge is 0.137 e. The second-order valence-electron chi connectivity index (χ2n) is 15.8. The molecule has 0 fully saturated rings. The summed E-state index contributed by atoms with van der Waals surface area (Å²) in [7, 11) is 0. The Balaban J connectivity index is 1.28. The van der Waals surface area contributed by atoms with E-state index < -0.39 is 0 Å². The zero-order valence-corrected chi connectivity index (χ0v) is 32.6. The van der Waals surface area contributed by atoms with E-state index in [2.05, 4.69) is 200 Å². The minimum Gasteiger partial charge on any atom is -0.456 e. The van der Waals surface area contributed by atoms with Gasteiger partial charge in [0.2, 0.25) is 0 Å². The second kappa shape index (κ2) is 14.0. The Kier molecular flexibility index (Phi) is 8.52. The van der Waals surface area contributed by atoms with Gasteiger partial charge in [-0.25, -0.2) is 4.98 Å². The molecule has 8 aromatic rings. The van der Waals surface area contributed by atoms with Gasteiger partial charge >= 0.3 is 0 Å². The molecule has 3 N–H and O–H groups in total. The lowest BCUT2D eigenvalue weighted by Crippen LogP contribution is -1.90. The quantitative estimate of drug-likeness (QED) is 0.159. The van der Waals surface area contributed by atoms with Crippen LogP contribution in [0.25, 0.3) is 89.8 Å². The van der Waals surface area contributed by atoms with E-state index in [1.54, 1.807) is 0 Å². The predicted molar refractivity (Wildman–Crippen MR) is 239 cm³/mol. The first-order valence-corrected chi connectivity index (χ1v) is 20.0. The summed E-state index contributed by atoms with van der Waals surface area (Å²) < 4.78 is 6.96. The summed E-state index contributed by atoms with van der Waals surface area (Å²) in [5, 5.41) is 0. The molecule has 0 atom stereocenters. The van der Waals surface area contributed by atoms with E-state index in [0.717, 1.165) is 89.0 Å². The fourth-order valence-electron chi connectivity index (χ4n) is 8.24. The van der Waals surface area contributed by atoms with Crippen LogP contribution in [-0.4, -0.2) is 19.9 Å². The molecule has 5 aromatic heterocycles. The van der Waals surface area contributed by atoms with Crippen LogP contribution in [0.15, 0.2) is 150 Å². The summed E-state index contributed by atoms with van der Waals surface area (Å²) in [6.45, 7) is 8.91. The van der Waals surface area contributed by atoms with Crippen LogP contribution in [0.4, 0.5) is 0 Å². The highest BCUT2D eigenvalue weighted by Crippen LogP contribution is 2.37. The maximum atomic E-state index is 6.96. The van der Waals surface area contributed by atoms with Gasteiger partial charge in [0.15, 0.2) is 0 Å². The van der Waals surface area contributed by atoms with Gasteiger partial charge in [-0.1, -0.05) is 125 Å². The van der Waals surface area contributed by atoms with Crippen LogP contribution >= 0.6 is 0 Å². The lowest BCUT2D eigenvalue weighted by Gasteiger charge is -2.09. The van der Waals surface area contributed by atoms with E-state index in [4.69, 9.17) is 9.40 Å². The number of hydrogen-bond acceptors (Lipinski definition) is 2. The van der Waals surface area contributed by atoms with Gasteiger partial charge in [0.05, 0.1) is 39.0 Å². The van der Waals surface area contributed by atoms with Crippen LogP contribution in [0.2, 0.25) is 0 Å². The molecule has 5 nitrogen and oxygen atoms in total. The predicted octanol–water partition coefficient (Wildman–Crippen LogP) is 14.5. The van der Waals surface area contributed by atoms with Gasteiger partial charge in [0.25, 0.3) is 0 Å². The molecular formula is C52H44N4O. The number of fused-ring (bicyclic) bond motifs is 12. The van der Waals surface area contributed by atoms with Gasteiger partial charge in [-0.15, -0.1) is 0 Å². The molecule has 57 heavy (non-hydrogen) atoms. The molecule has 0 saturated heterocycles. The van der Waals surface area contributed by atoms with E-state index >= 15 is 0 Å². The second-order valence-corrected chi connectivity index (χ2v) is 15.8. The molecule has 2 aliphatic rings. The number of rotatable bonds is 6. The SMILES string of the molecule is CC(C)c1ccc(-c2c3ccc([nH]3)c3nc(c(-c4ccc(C5C=CC=C5)cc4)c4ccc([nH]4)c4ccc([nH]4)c(-c4ccc(C(C)C)cc4)c4ccc2o4)C=C3)cc1. The third kappa shape index (κ3) is 6.35. The lowest BCUT2D eigenvalue weighted by atomic mass is 9.96. The van der Waals surface area contributed by atoms with Crippen molar-refractivity contribution >= 4 is 56.4 Å². The molecule has 0 amide bonds. The molecule has 10 bridgehead atoms. The molecule has 0 unspecified atom stereocenters. The summed E-state index contributed by atoms with van der Waals surface area (Å²) in [5.41, 5.74) is 19.4. The molecular weight excluding hydrogens is 697 g/mol. The van der Waals surface area contributed by atoms with Crippen molar-refractivity contribution in [2.45, 2.75) is 45.4 Å².